The molecule has 2 nitrogen and oxygen atoms in total. The SMILES string of the molecule is CC(C)CCNCC(C)OCc1cccs1. The van der Waals surface area contributed by atoms with Crippen LogP contribution in [0.3, 0.4) is 0 Å². The summed E-state index contributed by atoms with van der Waals surface area (Å²) in [5.41, 5.74) is 0. The second-order valence-corrected chi connectivity index (χ2v) is 5.62. The number of thiophene rings is 1. The lowest BCUT2D eigenvalue weighted by Gasteiger charge is -2.14. The van der Waals surface area contributed by atoms with Crippen LogP contribution < -0.4 is 5.32 Å². The Balaban J connectivity index is 2.00. The van der Waals surface area contributed by atoms with Crippen molar-refractivity contribution in [3.8, 4) is 0 Å². The molecule has 0 amide bonds. The molecule has 0 aliphatic carbocycles. The maximum atomic E-state index is 5.74. The number of hydrogen-bond donors (Lipinski definition) is 1. The van der Waals surface area contributed by atoms with Gasteiger partial charge in [0.2, 0.25) is 0 Å². The molecule has 0 bridgehead atoms. The lowest BCUT2D eigenvalue weighted by atomic mass is 10.1. The van der Waals surface area contributed by atoms with E-state index in [-0.39, 0.29) is 6.10 Å². The Bertz CT molecular complexity index is 259. The highest BCUT2D eigenvalue weighted by Gasteiger charge is 2.03. The van der Waals surface area contributed by atoms with Gasteiger partial charge in [-0.05, 0) is 37.3 Å². The van der Waals surface area contributed by atoms with E-state index in [1.54, 1.807) is 11.3 Å². The first kappa shape index (κ1) is 13.7. The second kappa shape index (κ2) is 7.82. The number of hydrogen-bond acceptors (Lipinski definition) is 3. The minimum absolute atomic E-state index is 0.286. The quantitative estimate of drug-likeness (QED) is 0.705. The number of rotatable bonds is 8. The van der Waals surface area contributed by atoms with Crippen LogP contribution in [0.15, 0.2) is 17.5 Å². The van der Waals surface area contributed by atoms with E-state index in [9.17, 15) is 0 Å². The highest BCUT2D eigenvalue weighted by molar-refractivity contribution is 7.09. The third kappa shape index (κ3) is 6.26. The van der Waals surface area contributed by atoms with Gasteiger partial charge in [0.25, 0.3) is 0 Å². The minimum atomic E-state index is 0.286. The van der Waals surface area contributed by atoms with E-state index >= 15 is 0 Å². The molecule has 0 fully saturated rings. The third-order valence-corrected chi connectivity index (χ3v) is 3.27. The molecule has 0 spiro atoms. The summed E-state index contributed by atoms with van der Waals surface area (Å²) >= 11 is 1.75. The van der Waals surface area contributed by atoms with Crippen LogP contribution in [-0.2, 0) is 11.3 Å². The molecule has 1 rings (SSSR count). The average Bonchev–Trinajstić information content (AvgIpc) is 2.74. The van der Waals surface area contributed by atoms with E-state index < -0.39 is 0 Å². The monoisotopic (exact) mass is 241 g/mol. The molecule has 0 aliphatic heterocycles. The first-order chi connectivity index (χ1) is 7.68. The third-order valence-electron chi connectivity index (χ3n) is 2.42. The van der Waals surface area contributed by atoms with Crippen LogP contribution in [0.2, 0.25) is 0 Å². The molecule has 0 aliphatic rings. The molecule has 1 atom stereocenters. The van der Waals surface area contributed by atoms with Crippen molar-refractivity contribution < 1.29 is 4.74 Å². The molecule has 3 heteroatoms. The first-order valence-corrected chi connectivity index (χ1v) is 6.91. The topological polar surface area (TPSA) is 21.3 Å². The average molecular weight is 241 g/mol. The predicted molar refractivity (Wildman–Crippen MR) is 70.9 cm³/mol. The Kier molecular flexibility index (Phi) is 6.69. The molecule has 0 saturated carbocycles. The van der Waals surface area contributed by atoms with Crippen LogP contribution in [-0.4, -0.2) is 19.2 Å². The summed E-state index contributed by atoms with van der Waals surface area (Å²) in [4.78, 5) is 1.30. The summed E-state index contributed by atoms with van der Waals surface area (Å²) in [5, 5.41) is 5.51. The summed E-state index contributed by atoms with van der Waals surface area (Å²) in [6, 6.07) is 4.18. The van der Waals surface area contributed by atoms with Crippen molar-refractivity contribution >= 4 is 11.3 Å². The highest BCUT2D eigenvalue weighted by atomic mass is 32.1. The van der Waals surface area contributed by atoms with Crippen molar-refractivity contribution in [3.05, 3.63) is 22.4 Å². The molecule has 92 valence electrons. The van der Waals surface area contributed by atoms with Crippen molar-refractivity contribution in [2.75, 3.05) is 13.1 Å². The zero-order valence-corrected chi connectivity index (χ0v) is 11.3. The van der Waals surface area contributed by atoms with Gasteiger partial charge in [-0.1, -0.05) is 19.9 Å². The summed E-state index contributed by atoms with van der Waals surface area (Å²) in [6.07, 6.45) is 1.52. The lowest BCUT2D eigenvalue weighted by molar-refractivity contribution is 0.0548. The fourth-order valence-corrected chi connectivity index (χ4v) is 2.00. The van der Waals surface area contributed by atoms with Gasteiger partial charge in [-0.2, -0.15) is 0 Å². The van der Waals surface area contributed by atoms with E-state index in [0.717, 1.165) is 25.6 Å². The van der Waals surface area contributed by atoms with Crippen molar-refractivity contribution in [2.45, 2.75) is 39.9 Å². The van der Waals surface area contributed by atoms with Crippen molar-refractivity contribution in [1.82, 2.24) is 5.32 Å². The molecule has 1 aromatic rings. The standard InChI is InChI=1S/C13H23NOS/c1-11(2)6-7-14-9-12(3)15-10-13-5-4-8-16-13/h4-5,8,11-12,14H,6-7,9-10H2,1-3H3. The maximum absolute atomic E-state index is 5.74. The summed E-state index contributed by atoms with van der Waals surface area (Å²) in [7, 11) is 0. The van der Waals surface area contributed by atoms with E-state index in [4.69, 9.17) is 4.74 Å². The normalized spacial score (nSPS) is 13.2. The number of nitrogens with one attached hydrogen (secondary N) is 1. The van der Waals surface area contributed by atoms with E-state index in [2.05, 4.69) is 43.6 Å². The Hall–Kier alpha value is -0.380. The Morgan fingerprint density at radius 3 is 2.81 bits per heavy atom. The van der Waals surface area contributed by atoms with Crippen LogP contribution in [0.4, 0.5) is 0 Å². The first-order valence-electron chi connectivity index (χ1n) is 6.03. The molecule has 1 unspecified atom stereocenters. The summed E-state index contributed by atoms with van der Waals surface area (Å²) in [5.74, 6) is 0.773. The van der Waals surface area contributed by atoms with E-state index in [0.29, 0.717) is 0 Å². The molecule has 0 aromatic carbocycles. The van der Waals surface area contributed by atoms with Crippen molar-refractivity contribution in [2.24, 2.45) is 5.92 Å². The fourth-order valence-electron chi connectivity index (χ4n) is 1.37. The van der Waals surface area contributed by atoms with Gasteiger partial charge >= 0.3 is 0 Å². The molecular weight excluding hydrogens is 218 g/mol. The zero-order valence-electron chi connectivity index (χ0n) is 10.5. The molecule has 1 heterocycles. The Morgan fingerprint density at radius 1 is 1.38 bits per heavy atom. The van der Waals surface area contributed by atoms with Crippen LogP contribution in [0.25, 0.3) is 0 Å². The maximum Gasteiger partial charge on any atom is 0.0813 e. The van der Waals surface area contributed by atoms with E-state index in [1.165, 1.54) is 11.3 Å². The summed E-state index contributed by atoms with van der Waals surface area (Å²) < 4.78 is 5.74. The highest BCUT2D eigenvalue weighted by Crippen LogP contribution is 2.10. The van der Waals surface area contributed by atoms with Crippen molar-refractivity contribution in [1.29, 1.82) is 0 Å². The van der Waals surface area contributed by atoms with Gasteiger partial charge in [0.1, 0.15) is 0 Å². The lowest BCUT2D eigenvalue weighted by Crippen LogP contribution is -2.28. The molecule has 1 N–H and O–H groups in total. The molecule has 0 saturated heterocycles. The van der Waals surface area contributed by atoms with Crippen molar-refractivity contribution in [3.63, 3.8) is 0 Å². The van der Waals surface area contributed by atoms with Crippen LogP contribution in [0.1, 0.15) is 32.1 Å². The van der Waals surface area contributed by atoms with Gasteiger partial charge < -0.3 is 10.1 Å². The largest absolute Gasteiger partial charge is 0.372 e. The molecule has 0 radical (unpaired) electrons. The van der Waals surface area contributed by atoms with Crippen LogP contribution in [0.5, 0.6) is 0 Å². The van der Waals surface area contributed by atoms with Gasteiger partial charge in [-0.15, -0.1) is 11.3 Å². The number of ether oxygens (including phenoxy) is 1. The summed E-state index contributed by atoms with van der Waals surface area (Å²) in [6.45, 7) is 9.39. The molecular formula is C13H23NOS. The van der Waals surface area contributed by atoms with Gasteiger partial charge in [0.05, 0.1) is 12.7 Å². The molecule has 16 heavy (non-hydrogen) atoms. The van der Waals surface area contributed by atoms with Crippen LogP contribution in [0, 0.1) is 5.92 Å². The van der Waals surface area contributed by atoms with Gasteiger partial charge in [-0.25, -0.2) is 0 Å². The van der Waals surface area contributed by atoms with Gasteiger partial charge in [0, 0.05) is 11.4 Å². The zero-order chi connectivity index (χ0) is 11.8. The Labute approximate surface area is 103 Å². The van der Waals surface area contributed by atoms with Gasteiger partial charge in [0.15, 0.2) is 0 Å². The Morgan fingerprint density at radius 2 is 2.19 bits per heavy atom. The minimum Gasteiger partial charge on any atom is -0.372 e. The molecule has 1 aromatic heterocycles. The smallest absolute Gasteiger partial charge is 0.0813 e. The van der Waals surface area contributed by atoms with E-state index in [1.807, 2.05) is 0 Å². The van der Waals surface area contributed by atoms with Gasteiger partial charge in [-0.3, -0.25) is 0 Å². The van der Waals surface area contributed by atoms with Crippen LogP contribution >= 0.6 is 11.3 Å². The second-order valence-electron chi connectivity index (χ2n) is 4.59. The predicted octanol–water partition coefficient (Wildman–Crippen LogP) is 3.29. The fraction of sp³-hybridized carbons (Fsp3) is 0.692.